The first-order valence-electron chi connectivity index (χ1n) is 9.69. The molecule has 154 valence electrons. The van der Waals surface area contributed by atoms with Crippen molar-refractivity contribution in [2.45, 2.75) is 32.6 Å². The van der Waals surface area contributed by atoms with Crippen LogP contribution < -0.4 is 0 Å². The first-order valence-corrected chi connectivity index (χ1v) is 10.1. The maximum Gasteiger partial charge on any atom is 0.151 e. The number of hydrogen-bond acceptors (Lipinski definition) is 4. The van der Waals surface area contributed by atoms with Crippen molar-refractivity contribution in [1.82, 2.24) is 19.6 Å². The molecule has 4 aromatic rings. The monoisotopic (exact) mass is 422 g/mol. The van der Waals surface area contributed by atoms with E-state index in [1.54, 1.807) is 13.8 Å². The van der Waals surface area contributed by atoms with Crippen molar-refractivity contribution in [3.8, 4) is 11.3 Å². The van der Waals surface area contributed by atoms with E-state index >= 15 is 0 Å². The molecule has 0 saturated carbocycles. The van der Waals surface area contributed by atoms with Crippen molar-refractivity contribution in [2.75, 3.05) is 0 Å². The number of benzene rings is 2. The second-order valence-electron chi connectivity index (χ2n) is 7.82. The van der Waals surface area contributed by atoms with E-state index in [4.69, 9.17) is 21.4 Å². The van der Waals surface area contributed by atoms with E-state index in [-0.39, 0.29) is 6.61 Å². The summed E-state index contributed by atoms with van der Waals surface area (Å²) in [5, 5.41) is 10.8. The van der Waals surface area contributed by atoms with Crippen LogP contribution in [0.4, 0.5) is 0 Å². The van der Waals surface area contributed by atoms with E-state index in [2.05, 4.69) is 23.3 Å². The van der Waals surface area contributed by atoms with Crippen LogP contribution in [0.25, 0.3) is 22.2 Å². The van der Waals surface area contributed by atoms with Crippen LogP contribution in [0.2, 0.25) is 5.02 Å². The molecule has 30 heavy (non-hydrogen) atoms. The summed E-state index contributed by atoms with van der Waals surface area (Å²) in [5.74, 6) is 0. The lowest BCUT2D eigenvalue weighted by Gasteiger charge is -2.16. The molecule has 0 N–H and O–H groups in total. The highest BCUT2D eigenvalue weighted by molar-refractivity contribution is 6.31. The summed E-state index contributed by atoms with van der Waals surface area (Å²) < 4.78 is 9.51. The number of nitrogens with zero attached hydrogens (tertiary/aromatic N) is 4. The molecule has 4 rings (SSSR count). The van der Waals surface area contributed by atoms with Gasteiger partial charge >= 0.3 is 0 Å². The van der Waals surface area contributed by atoms with Crippen molar-refractivity contribution in [3.05, 3.63) is 71.0 Å². The highest BCUT2D eigenvalue weighted by atomic mass is 35.5. The second kappa shape index (κ2) is 8.05. The largest absolute Gasteiger partial charge is 0.362 e. The van der Waals surface area contributed by atoms with Gasteiger partial charge in [0, 0.05) is 23.0 Å². The van der Waals surface area contributed by atoms with Crippen molar-refractivity contribution in [1.29, 1.82) is 0 Å². The smallest absolute Gasteiger partial charge is 0.151 e. The van der Waals surface area contributed by atoms with Gasteiger partial charge in [0.2, 0.25) is 0 Å². The van der Waals surface area contributed by atoms with Gasteiger partial charge in [-0.25, -0.2) is 0 Å². The van der Waals surface area contributed by atoms with Gasteiger partial charge < -0.3 is 9.53 Å². The summed E-state index contributed by atoms with van der Waals surface area (Å²) in [6, 6.07) is 15.9. The molecule has 0 aliphatic heterocycles. The minimum absolute atomic E-state index is 0.238. The standard InChI is InChI=1S/C23H23ClN4O2/c1-23(2,15-29)30-14-19-11-22(16-8-9-17-12-25-27(3)21(17)10-16)28(26-19)13-18-6-4-5-7-20(18)24/h4-12,15H,13-14H2,1-3H3. The predicted molar refractivity (Wildman–Crippen MR) is 117 cm³/mol. The molecule has 2 heterocycles. The Hall–Kier alpha value is -2.96. The molecular formula is C23H23ClN4O2. The van der Waals surface area contributed by atoms with E-state index in [9.17, 15) is 4.79 Å². The van der Waals surface area contributed by atoms with Gasteiger partial charge in [0.25, 0.3) is 0 Å². The zero-order valence-corrected chi connectivity index (χ0v) is 17.9. The zero-order valence-electron chi connectivity index (χ0n) is 17.2. The second-order valence-corrected chi connectivity index (χ2v) is 8.23. The molecule has 0 unspecified atom stereocenters. The fraction of sp³-hybridized carbons (Fsp3) is 0.261. The molecule has 7 heteroatoms. The van der Waals surface area contributed by atoms with Crippen molar-refractivity contribution < 1.29 is 9.53 Å². The molecule has 0 radical (unpaired) electrons. The summed E-state index contributed by atoms with van der Waals surface area (Å²) in [6.07, 6.45) is 2.64. The molecule has 2 aromatic carbocycles. The van der Waals surface area contributed by atoms with Gasteiger partial charge in [0.1, 0.15) is 5.60 Å². The number of carbonyl (C=O) groups excluding carboxylic acids is 1. The molecule has 0 spiro atoms. The predicted octanol–water partition coefficient (Wildman–Crippen LogP) is 4.63. The lowest BCUT2D eigenvalue weighted by atomic mass is 10.1. The van der Waals surface area contributed by atoms with Crippen LogP contribution in [0.3, 0.4) is 0 Å². The van der Waals surface area contributed by atoms with Gasteiger partial charge in [-0.3, -0.25) is 9.36 Å². The molecule has 0 bridgehead atoms. The van der Waals surface area contributed by atoms with Crippen LogP contribution in [0.5, 0.6) is 0 Å². The summed E-state index contributed by atoms with van der Waals surface area (Å²) in [5.41, 5.74) is 3.87. The number of aromatic nitrogens is 4. The normalized spacial score (nSPS) is 11.9. The molecule has 0 aliphatic carbocycles. The third-order valence-corrected chi connectivity index (χ3v) is 5.40. The first kappa shape index (κ1) is 20.3. The number of hydrogen-bond donors (Lipinski definition) is 0. The Labute approximate surface area is 180 Å². The third kappa shape index (κ3) is 4.15. The third-order valence-electron chi connectivity index (χ3n) is 5.03. The number of carbonyl (C=O) groups is 1. The van der Waals surface area contributed by atoms with Gasteiger partial charge in [-0.15, -0.1) is 0 Å². The first-order chi connectivity index (χ1) is 14.4. The van der Waals surface area contributed by atoms with Gasteiger partial charge in [-0.05, 0) is 37.6 Å². The van der Waals surface area contributed by atoms with Crippen molar-refractivity contribution in [3.63, 3.8) is 0 Å². The van der Waals surface area contributed by atoms with E-state index in [0.717, 1.165) is 39.7 Å². The molecule has 2 aromatic heterocycles. The maximum absolute atomic E-state index is 11.2. The molecule has 0 saturated heterocycles. The topological polar surface area (TPSA) is 61.9 Å². The Morgan fingerprint density at radius 2 is 1.97 bits per heavy atom. The number of halogens is 1. The van der Waals surface area contributed by atoms with Crippen LogP contribution in [0, 0.1) is 0 Å². The Kier molecular flexibility index (Phi) is 5.45. The average molecular weight is 423 g/mol. The Morgan fingerprint density at radius 3 is 2.73 bits per heavy atom. The number of rotatable bonds is 7. The SMILES string of the molecule is Cn1ncc2ccc(-c3cc(COC(C)(C)C=O)nn3Cc3ccccc3Cl)cc21. The van der Waals surface area contributed by atoms with Gasteiger partial charge in [-0.2, -0.15) is 10.2 Å². The van der Waals surface area contributed by atoms with Crippen LogP contribution in [0.1, 0.15) is 25.1 Å². The van der Waals surface area contributed by atoms with Crippen molar-refractivity contribution in [2.24, 2.45) is 7.05 Å². The average Bonchev–Trinajstić information content (AvgIpc) is 3.31. The lowest BCUT2D eigenvalue weighted by molar-refractivity contribution is -0.128. The number of aryl methyl sites for hydroxylation is 1. The minimum Gasteiger partial charge on any atom is -0.362 e. The maximum atomic E-state index is 11.2. The quantitative estimate of drug-likeness (QED) is 0.407. The van der Waals surface area contributed by atoms with Gasteiger partial charge in [0.05, 0.1) is 36.3 Å². The fourth-order valence-corrected chi connectivity index (χ4v) is 3.47. The van der Waals surface area contributed by atoms with E-state index in [1.807, 2.05) is 52.9 Å². The highest BCUT2D eigenvalue weighted by Gasteiger charge is 2.19. The lowest BCUT2D eigenvalue weighted by Crippen LogP contribution is -2.25. The Balaban J connectivity index is 1.75. The van der Waals surface area contributed by atoms with Crippen LogP contribution in [0.15, 0.2) is 54.7 Å². The number of fused-ring (bicyclic) bond motifs is 1. The Morgan fingerprint density at radius 1 is 1.17 bits per heavy atom. The fourth-order valence-electron chi connectivity index (χ4n) is 3.28. The zero-order chi connectivity index (χ0) is 21.3. The van der Waals surface area contributed by atoms with Crippen LogP contribution in [-0.4, -0.2) is 31.4 Å². The number of aldehydes is 1. The Bertz CT molecular complexity index is 1210. The van der Waals surface area contributed by atoms with E-state index in [1.165, 1.54) is 0 Å². The van der Waals surface area contributed by atoms with E-state index < -0.39 is 5.60 Å². The van der Waals surface area contributed by atoms with Crippen LogP contribution in [-0.2, 0) is 29.7 Å². The van der Waals surface area contributed by atoms with Gasteiger partial charge in [0.15, 0.2) is 6.29 Å². The van der Waals surface area contributed by atoms with E-state index in [0.29, 0.717) is 11.6 Å². The molecule has 0 fully saturated rings. The number of ether oxygens (including phenoxy) is 1. The molecule has 0 aliphatic rings. The van der Waals surface area contributed by atoms with Gasteiger partial charge in [-0.1, -0.05) is 41.9 Å². The minimum atomic E-state index is -0.861. The highest BCUT2D eigenvalue weighted by Crippen LogP contribution is 2.27. The van der Waals surface area contributed by atoms with Crippen molar-refractivity contribution >= 4 is 28.8 Å². The summed E-state index contributed by atoms with van der Waals surface area (Å²) in [7, 11) is 1.92. The summed E-state index contributed by atoms with van der Waals surface area (Å²) >= 11 is 6.39. The summed E-state index contributed by atoms with van der Waals surface area (Å²) in [4.78, 5) is 11.2. The summed E-state index contributed by atoms with van der Waals surface area (Å²) in [6.45, 7) is 4.23. The molecule has 0 atom stereocenters. The molecule has 0 amide bonds. The van der Waals surface area contributed by atoms with Crippen LogP contribution >= 0.6 is 11.6 Å². The molecule has 6 nitrogen and oxygen atoms in total. The molecular weight excluding hydrogens is 400 g/mol.